The number of methoxy groups -OCH3 is 2. The molecule has 3 aromatic carbocycles. The van der Waals surface area contributed by atoms with Gasteiger partial charge < -0.3 is 33.3 Å². The van der Waals surface area contributed by atoms with Crippen LogP contribution in [-0.4, -0.2) is 89.1 Å². The normalized spacial score (nSPS) is 19.1. The SMILES string of the molecule is CNc1ncnc2c1ncn2[C@@H]1O[C@H](COC(c2ccccc2)(c2ccc(OC)cc2)c2ccc(OC)cc2)[C@H](OP(OCCC#N)N(C(C)C)C(C)C)[C@@H]1F. The fourth-order valence-corrected chi connectivity index (χ4v) is 8.84. The highest BCUT2D eigenvalue weighted by Crippen LogP contribution is 2.51. The number of halogens is 1. The summed E-state index contributed by atoms with van der Waals surface area (Å²) in [5, 5.41) is 12.4. The zero-order valence-electron chi connectivity index (χ0n) is 32.7. The predicted molar refractivity (Wildman–Crippen MR) is 212 cm³/mol. The molecule has 2 aromatic heterocycles. The standard InChI is InChI=1S/C41H49FN7O6P/c1-27(2)49(28(3)4)56(53-23-11-22-43)55-37-34(54-40(35(37)42)48-26-47-36-38(44-5)45-25-46-39(36)48)24-52-41(29-12-9-8-10-13-29,30-14-18-32(50-6)19-15-30)31-16-20-33(51-7)21-17-31/h8-10,12-21,25-28,34-35,37,40H,11,23-24H2,1-7H3,(H,44,45,46)/t34-,35+,37+,40-,56?/m1/s1. The van der Waals surface area contributed by atoms with Crippen molar-refractivity contribution < 1.29 is 32.4 Å². The van der Waals surface area contributed by atoms with Crippen LogP contribution in [0.3, 0.4) is 0 Å². The van der Waals surface area contributed by atoms with Gasteiger partial charge in [-0.15, -0.1) is 0 Å². The highest BCUT2D eigenvalue weighted by atomic mass is 31.2. The van der Waals surface area contributed by atoms with Crippen molar-refractivity contribution in [1.82, 2.24) is 24.2 Å². The number of hydrogen-bond acceptors (Lipinski definition) is 12. The van der Waals surface area contributed by atoms with E-state index in [4.69, 9.17) is 28.0 Å². The Morgan fingerprint density at radius 3 is 2.07 bits per heavy atom. The third-order valence-corrected chi connectivity index (χ3v) is 11.8. The van der Waals surface area contributed by atoms with E-state index < -0.39 is 38.7 Å². The van der Waals surface area contributed by atoms with Gasteiger partial charge in [-0.3, -0.25) is 4.57 Å². The second-order valence-electron chi connectivity index (χ2n) is 13.7. The summed E-state index contributed by atoms with van der Waals surface area (Å²) in [6, 6.07) is 27.3. The van der Waals surface area contributed by atoms with Crippen molar-refractivity contribution in [2.75, 3.05) is 39.8 Å². The molecule has 1 aliphatic heterocycles. The number of nitriles is 1. The van der Waals surface area contributed by atoms with E-state index in [1.165, 1.54) is 12.7 Å². The monoisotopic (exact) mass is 785 g/mol. The largest absolute Gasteiger partial charge is 0.497 e. The number of aromatic nitrogens is 4. The Hall–Kier alpha value is -4.74. The highest BCUT2D eigenvalue weighted by Gasteiger charge is 2.51. The Balaban J connectivity index is 1.46. The van der Waals surface area contributed by atoms with Gasteiger partial charge in [-0.2, -0.15) is 5.26 Å². The number of fused-ring (bicyclic) bond motifs is 1. The van der Waals surface area contributed by atoms with Crippen LogP contribution in [0.4, 0.5) is 10.2 Å². The summed E-state index contributed by atoms with van der Waals surface area (Å²) < 4.78 is 59.0. The van der Waals surface area contributed by atoms with Gasteiger partial charge in [-0.25, -0.2) is 24.0 Å². The van der Waals surface area contributed by atoms with Crippen LogP contribution in [0.15, 0.2) is 91.5 Å². The average Bonchev–Trinajstić information content (AvgIpc) is 3.78. The molecule has 0 bridgehead atoms. The number of anilines is 1. The molecule has 296 valence electrons. The maximum atomic E-state index is 17.4. The van der Waals surface area contributed by atoms with E-state index in [2.05, 4.69) is 31.0 Å². The Morgan fingerprint density at radius 2 is 1.52 bits per heavy atom. The third kappa shape index (κ3) is 8.34. The van der Waals surface area contributed by atoms with E-state index >= 15 is 4.39 Å². The van der Waals surface area contributed by atoms with E-state index in [1.54, 1.807) is 25.8 Å². The fraction of sp³-hybridized carbons (Fsp3) is 0.415. The van der Waals surface area contributed by atoms with Gasteiger partial charge in [0.05, 0.1) is 46.3 Å². The number of ether oxygens (including phenoxy) is 4. The molecule has 0 radical (unpaired) electrons. The number of benzene rings is 3. The Labute approximate surface area is 328 Å². The van der Waals surface area contributed by atoms with Crippen molar-refractivity contribution in [1.29, 1.82) is 5.26 Å². The molecule has 6 rings (SSSR count). The van der Waals surface area contributed by atoms with Crippen molar-refractivity contribution in [3.8, 4) is 17.6 Å². The molecule has 0 spiro atoms. The number of nitrogens with one attached hydrogen (secondary N) is 1. The summed E-state index contributed by atoms with van der Waals surface area (Å²) in [5.41, 5.74) is 2.11. The Bertz CT molecular complexity index is 1990. The number of alkyl halides is 1. The fourth-order valence-electron chi connectivity index (χ4n) is 7.08. The minimum absolute atomic E-state index is 0.0146. The first kappa shape index (κ1) is 40.9. The van der Waals surface area contributed by atoms with Crippen molar-refractivity contribution in [3.63, 3.8) is 0 Å². The number of hydrogen-bond donors (Lipinski definition) is 1. The molecule has 1 unspecified atom stereocenters. The second kappa shape index (κ2) is 18.5. The lowest BCUT2D eigenvalue weighted by Gasteiger charge is -2.39. The van der Waals surface area contributed by atoms with Gasteiger partial charge in [0.25, 0.3) is 8.53 Å². The minimum atomic E-state index is -1.86. The molecule has 3 heterocycles. The zero-order valence-corrected chi connectivity index (χ0v) is 33.6. The van der Waals surface area contributed by atoms with Crippen LogP contribution in [0.2, 0.25) is 0 Å². The molecule has 0 amide bonds. The molecule has 56 heavy (non-hydrogen) atoms. The molecular formula is C41H49FN7O6P. The van der Waals surface area contributed by atoms with Crippen molar-refractivity contribution in [3.05, 3.63) is 108 Å². The molecule has 13 nitrogen and oxygen atoms in total. The van der Waals surface area contributed by atoms with E-state index in [-0.39, 0.29) is 31.7 Å². The molecule has 1 aliphatic rings. The summed E-state index contributed by atoms with van der Waals surface area (Å²) in [4.78, 5) is 13.2. The molecule has 0 saturated carbocycles. The zero-order chi connectivity index (χ0) is 39.8. The molecule has 1 N–H and O–H groups in total. The molecule has 5 aromatic rings. The first-order valence-electron chi connectivity index (χ1n) is 18.5. The quantitative estimate of drug-likeness (QED) is 0.0527. The lowest BCUT2D eigenvalue weighted by atomic mass is 9.80. The molecule has 15 heteroatoms. The van der Waals surface area contributed by atoms with Crippen LogP contribution in [0.5, 0.6) is 11.5 Å². The lowest BCUT2D eigenvalue weighted by Crippen LogP contribution is -2.41. The van der Waals surface area contributed by atoms with Crippen LogP contribution in [0.25, 0.3) is 11.2 Å². The number of imidazole rings is 1. The molecular weight excluding hydrogens is 736 g/mol. The summed E-state index contributed by atoms with van der Waals surface area (Å²) in [5.74, 6) is 1.87. The van der Waals surface area contributed by atoms with Gasteiger partial charge in [0.15, 0.2) is 23.9 Å². The highest BCUT2D eigenvalue weighted by molar-refractivity contribution is 7.44. The van der Waals surface area contributed by atoms with Gasteiger partial charge in [-0.1, -0.05) is 54.6 Å². The smallest absolute Gasteiger partial charge is 0.259 e. The first-order valence-corrected chi connectivity index (χ1v) is 19.7. The van der Waals surface area contributed by atoms with E-state index in [9.17, 15) is 5.26 Å². The summed E-state index contributed by atoms with van der Waals surface area (Å²) in [6.07, 6.45) is -1.98. The van der Waals surface area contributed by atoms with Gasteiger partial charge in [-0.05, 0) is 68.7 Å². The second-order valence-corrected chi connectivity index (χ2v) is 15.1. The summed E-state index contributed by atoms with van der Waals surface area (Å²) >= 11 is 0. The van der Waals surface area contributed by atoms with E-state index in [0.29, 0.717) is 28.5 Å². The van der Waals surface area contributed by atoms with Gasteiger partial charge in [0, 0.05) is 19.1 Å². The molecule has 1 saturated heterocycles. The predicted octanol–water partition coefficient (Wildman–Crippen LogP) is 7.79. The maximum Gasteiger partial charge on any atom is 0.259 e. The lowest BCUT2D eigenvalue weighted by molar-refractivity contribution is -0.0919. The van der Waals surface area contributed by atoms with Crippen LogP contribution in [0, 0.1) is 11.3 Å². The van der Waals surface area contributed by atoms with Gasteiger partial charge in [0.2, 0.25) is 0 Å². The summed E-state index contributed by atoms with van der Waals surface area (Å²) in [6.45, 7) is 8.13. The van der Waals surface area contributed by atoms with Gasteiger partial charge in [0.1, 0.15) is 41.2 Å². The van der Waals surface area contributed by atoms with Crippen molar-refractivity contribution in [2.45, 2.75) is 76.4 Å². The van der Waals surface area contributed by atoms with Gasteiger partial charge >= 0.3 is 0 Å². The van der Waals surface area contributed by atoms with E-state index in [1.807, 2.05) is 107 Å². The van der Waals surface area contributed by atoms with Crippen molar-refractivity contribution in [2.24, 2.45) is 0 Å². The maximum absolute atomic E-state index is 17.4. The average molecular weight is 786 g/mol. The van der Waals surface area contributed by atoms with Crippen molar-refractivity contribution >= 4 is 25.5 Å². The Morgan fingerprint density at radius 1 is 0.911 bits per heavy atom. The van der Waals surface area contributed by atoms with Crippen LogP contribution >= 0.6 is 8.53 Å². The van der Waals surface area contributed by atoms with Crippen LogP contribution in [0.1, 0.15) is 57.0 Å². The topological polar surface area (TPSA) is 138 Å². The number of nitrogens with zero attached hydrogens (tertiary/aromatic N) is 6. The summed E-state index contributed by atoms with van der Waals surface area (Å²) in [7, 11) is 3.11. The van der Waals surface area contributed by atoms with Crippen LogP contribution in [-0.2, 0) is 24.1 Å². The molecule has 5 atom stereocenters. The number of rotatable bonds is 18. The Kier molecular flexibility index (Phi) is 13.5. The molecule has 0 aliphatic carbocycles. The van der Waals surface area contributed by atoms with Crippen LogP contribution < -0.4 is 14.8 Å². The first-order chi connectivity index (χ1) is 27.2. The minimum Gasteiger partial charge on any atom is -0.497 e. The third-order valence-electron chi connectivity index (χ3n) is 9.65. The molecule has 1 fully saturated rings. The van der Waals surface area contributed by atoms with E-state index in [0.717, 1.165) is 16.7 Å².